The lowest BCUT2D eigenvalue weighted by atomic mass is 10.0. The van der Waals surface area contributed by atoms with Crippen molar-refractivity contribution >= 4 is 27.5 Å². The van der Waals surface area contributed by atoms with Crippen molar-refractivity contribution in [3.63, 3.8) is 0 Å². The van der Waals surface area contributed by atoms with Crippen LogP contribution in [0, 0.1) is 20.8 Å². The molecule has 4 aromatic rings. The highest BCUT2D eigenvalue weighted by atomic mass is 32.2. The fourth-order valence-corrected chi connectivity index (χ4v) is 6.64. The second-order valence-electron chi connectivity index (χ2n) is 11.6. The van der Waals surface area contributed by atoms with E-state index in [2.05, 4.69) is 5.32 Å². The summed E-state index contributed by atoms with van der Waals surface area (Å²) in [4.78, 5) is 30.2. The van der Waals surface area contributed by atoms with Crippen molar-refractivity contribution in [3.8, 4) is 0 Å². The van der Waals surface area contributed by atoms with Crippen molar-refractivity contribution in [1.29, 1.82) is 0 Å². The number of amides is 2. The predicted molar refractivity (Wildman–Crippen MR) is 180 cm³/mol. The number of carbonyl (C=O) groups is 2. The smallest absolute Gasteiger partial charge is 0.264 e. The zero-order chi connectivity index (χ0) is 32.6. The lowest BCUT2D eigenvalue weighted by Gasteiger charge is -2.35. The van der Waals surface area contributed by atoms with Crippen LogP contribution in [0.1, 0.15) is 48.1 Å². The molecule has 2 unspecified atom stereocenters. The van der Waals surface area contributed by atoms with Gasteiger partial charge in [0.05, 0.1) is 10.6 Å². The van der Waals surface area contributed by atoms with Gasteiger partial charge in [0.15, 0.2) is 0 Å². The highest BCUT2D eigenvalue weighted by molar-refractivity contribution is 7.92. The van der Waals surface area contributed by atoms with Crippen LogP contribution in [0.15, 0.2) is 108 Å². The Morgan fingerprint density at radius 3 is 2.00 bits per heavy atom. The number of carbonyl (C=O) groups excluding carboxylic acids is 2. The molecule has 45 heavy (non-hydrogen) atoms. The van der Waals surface area contributed by atoms with Crippen molar-refractivity contribution in [3.05, 3.63) is 131 Å². The van der Waals surface area contributed by atoms with E-state index in [9.17, 15) is 18.0 Å². The van der Waals surface area contributed by atoms with Crippen LogP contribution in [0.2, 0.25) is 0 Å². The van der Waals surface area contributed by atoms with Crippen LogP contribution in [0.4, 0.5) is 5.69 Å². The monoisotopic (exact) mass is 625 g/mol. The normalized spacial score (nSPS) is 12.6. The second-order valence-corrected chi connectivity index (χ2v) is 13.4. The molecule has 0 radical (unpaired) electrons. The molecule has 0 fully saturated rings. The molecule has 0 aliphatic rings. The maximum atomic E-state index is 14.6. The van der Waals surface area contributed by atoms with Gasteiger partial charge in [-0.15, -0.1) is 0 Å². The molecule has 0 saturated heterocycles. The molecule has 0 aromatic heterocycles. The first-order valence-electron chi connectivity index (χ1n) is 15.3. The Morgan fingerprint density at radius 1 is 0.778 bits per heavy atom. The van der Waals surface area contributed by atoms with Gasteiger partial charge < -0.3 is 10.2 Å². The third kappa shape index (κ3) is 8.39. The van der Waals surface area contributed by atoms with Crippen molar-refractivity contribution in [1.82, 2.24) is 10.2 Å². The molecule has 8 heteroatoms. The molecule has 2 amide bonds. The van der Waals surface area contributed by atoms with E-state index < -0.39 is 28.5 Å². The first kappa shape index (κ1) is 33.5. The van der Waals surface area contributed by atoms with Crippen molar-refractivity contribution < 1.29 is 18.0 Å². The van der Waals surface area contributed by atoms with Crippen molar-refractivity contribution in [2.75, 3.05) is 10.8 Å². The number of hydrogen-bond donors (Lipinski definition) is 1. The van der Waals surface area contributed by atoms with Crippen LogP contribution in [-0.2, 0) is 32.6 Å². The number of sulfonamides is 1. The van der Waals surface area contributed by atoms with Gasteiger partial charge in [0.1, 0.15) is 12.6 Å². The summed E-state index contributed by atoms with van der Waals surface area (Å²) in [6, 6.07) is 30.0. The third-order valence-electron chi connectivity index (χ3n) is 8.15. The molecule has 7 nitrogen and oxygen atoms in total. The van der Waals surface area contributed by atoms with Crippen molar-refractivity contribution in [2.45, 2.75) is 71.0 Å². The molecular weight excluding hydrogens is 582 g/mol. The number of para-hydroxylation sites is 1. The molecule has 0 aliphatic carbocycles. The van der Waals surface area contributed by atoms with Crippen LogP contribution in [0.3, 0.4) is 0 Å². The molecule has 0 bridgehead atoms. The molecule has 1 N–H and O–H groups in total. The summed E-state index contributed by atoms with van der Waals surface area (Å²) in [6.45, 7) is 9.26. The van der Waals surface area contributed by atoms with Crippen LogP contribution < -0.4 is 9.62 Å². The van der Waals surface area contributed by atoms with Gasteiger partial charge >= 0.3 is 0 Å². The fourth-order valence-electron chi connectivity index (χ4n) is 5.16. The van der Waals surface area contributed by atoms with Gasteiger partial charge in [-0.2, -0.15) is 0 Å². The SMILES string of the molecule is CCC(C)NC(=O)C(Cc1ccccc1)N(Cc1ccccc1C)C(=O)CN(c1ccccc1C)S(=O)(=O)c1ccc(C)cc1. The standard InChI is InChI=1S/C37H43N3O4S/c1-6-30(5)38-37(42)35(24-31-16-8-7-9-17-31)39(25-32-18-12-10-14-28(32)3)36(41)26-40(34-19-13-11-15-29(34)4)45(43,44)33-22-20-27(2)21-23-33/h7-23,30,35H,6,24-26H2,1-5H3,(H,38,42). The summed E-state index contributed by atoms with van der Waals surface area (Å²) < 4.78 is 29.6. The van der Waals surface area contributed by atoms with Gasteiger partial charge in [-0.3, -0.25) is 13.9 Å². The highest BCUT2D eigenvalue weighted by Gasteiger charge is 2.35. The number of aryl methyl sites for hydroxylation is 3. The van der Waals surface area contributed by atoms with E-state index in [1.807, 2.05) is 101 Å². The van der Waals surface area contributed by atoms with E-state index in [1.165, 1.54) is 4.31 Å². The largest absolute Gasteiger partial charge is 0.352 e. The average molecular weight is 626 g/mol. The third-order valence-corrected chi connectivity index (χ3v) is 9.92. The highest BCUT2D eigenvalue weighted by Crippen LogP contribution is 2.28. The Hall–Kier alpha value is -4.43. The minimum Gasteiger partial charge on any atom is -0.352 e. The second kappa shape index (κ2) is 15.0. The molecule has 236 valence electrons. The van der Waals surface area contributed by atoms with E-state index >= 15 is 0 Å². The Labute approximate surface area is 268 Å². The Balaban J connectivity index is 1.83. The minimum absolute atomic E-state index is 0.0879. The molecule has 4 rings (SSSR count). The van der Waals surface area contributed by atoms with Gasteiger partial charge in [0, 0.05) is 19.0 Å². The summed E-state index contributed by atoms with van der Waals surface area (Å²) in [5, 5.41) is 3.08. The van der Waals surface area contributed by atoms with Gasteiger partial charge in [-0.1, -0.05) is 97.4 Å². The Morgan fingerprint density at radius 2 is 1.38 bits per heavy atom. The number of nitrogens with one attached hydrogen (secondary N) is 1. The van der Waals surface area contributed by atoms with Crippen LogP contribution in [0.5, 0.6) is 0 Å². The molecule has 2 atom stereocenters. The van der Waals surface area contributed by atoms with Crippen LogP contribution >= 0.6 is 0 Å². The molecular formula is C37H43N3O4S. The van der Waals surface area contributed by atoms with Crippen molar-refractivity contribution in [2.24, 2.45) is 0 Å². The summed E-state index contributed by atoms with van der Waals surface area (Å²) in [6.07, 6.45) is 1.00. The van der Waals surface area contributed by atoms with Gasteiger partial charge in [-0.05, 0) is 74.6 Å². The molecule has 0 spiro atoms. The molecule has 0 saturated carbocycles. The van der Waals surface area contributed by atoms with Crippen LogP contribution in [-0.4, -0.2) is 43.8 Å². The topological polar surface area (TPSA) is 86.8 Å². The lowest BCUT2D eigenvalue weighted by molar-refractivity contribution is -0.140. The van der Waals surface area contributed by atoms with E-state index in [4.69, 9.17) is 0 Å². The summed E-state index contributed by atoms with van der Waals surface area (Å²) in [7, 11) is -4.15. The number of hydrogen-bond acceptors (Lipinski definition) is 4. The maximum Gasteiger partial charge on any atom is 0.264 e. The van der Waals surface area contributed by atoms with Gasteiger partial charge in [0.2, 0.25) is 11.8 Å². The minimum atomic E-state index is -4.15. The number of rotatable bonds is 13. The first-order valence-corrected chi connectivity index (χ1v) is 16.8. The quantitative estimate of drug-likeness (QED) is 0.187. The fraction of sp³-hybridized carbons (Fsp3) is 0.297. The van der Waals surface area contributed by atoms with Gasteiger partial charge in [-0.25, -0.2) is 8.42 Å². The predicted octanol–water partition coefficient (Wildman–Crippen LogP) is 6.36. The van der Waals surface area contributed by atoms with E-state index in [0.717, 1.165) is 28.7 Å². The van der Waals surface area contributed by atoms with E-state index in [0.29, 0.717) is 11.3 Å². The zero-order valence-corrected chi connectivity index (χ0v) is 27.6. The zero-order valence-electron chi connectivity index (χ0n) is 26.7. The number of benzene rings is 4. The average Bonchev–Trinajstić information content (AvgIpc) is 3.03. The Kier molecular flexibility index (Phi) is 11.2. The number of nitrogens with zero attached hydrogens (tertiary/aromatic N) is 2. The summed E-state index contributed by atoms with van der Waals surface area (Å²) >= 11 is 0. The number of anilines is 1. The summed E-state index contributed by atoms with van der Waals surface area (Å²) in [5.41, 5.74) is 4.79. The van der Waals surface area contributed by atoms with Crippen LogP contribution in [0.25, 0.3) is 0 Å². The molecule has 0 heterocycles. The summed E-state index contributed by atoms with van der Waals surface area (Å²) in [5.74, 6) is -0.753. The molecule has 0 aliphatic heterocycles. The Bertz CT molecular complexity index is 1710. The lowest BCUT2D eigenvalue weighted by Crippen LogP contribution is -2.54. The van der Waals surface area contributed by atoms with E-state index in [-0.39, 0.29) is 29.8 Å². The first-order chi connectivity index (χ1) is 21.5. The molecule has 4 aromatic carbocycles. The van der Waals surface area contributed by atoms with Gasteiger partial charge in [0.25, 0.3) is 10.0 Å². The van der Waals surface area contributed by atoms with E-state index in [1.54, 1.807) is 41.3 Å². The maximum absolute atomic E-state index is 14.6.